The number of hydrogen-bond donors (Lipinski definition) is 3. The number of hydrogen-bond acceptors (Lipinski definition) is 3. The minimum Gasteiger partial charge on any atom is -0.480 e. The Morgan fingerprint density at radius 2 is 2.05 bits per heavy atom. The zero-order chi connectivity index (χ0) is 14.0. The fourth-order valence-electron chi connectivity index (χ4n) is 3.13. The Bertz CT molecular complexity index is 364. The molecule has 1 heterocycles. The molecule has 1 amide bonds. The van der Waals surface area contributed by atoms with Crippen molar-refractivity contribution in [1.82, 2.24) is 10.6 Å². The van der Waals surface area contributed by atoms with Gasteiger partial charge in [0.1, 0.15) is 6.04 Å². The van der Waals surface area contributed by atoms with Gasteiger partial charge in [-0.05, 0) is 43.7 Å². The molecule has 3 atom stereocenters. The summed E-state index contributed by atoms with van der Waals surface area (Å²) >= 11 is 0. The summed E-state index contributed by atoms with van der Waals surface area (Å²) < 4.78 is 0. The number of aliphatic carboxylic acids is 1. The lowest BCUT2D eigenvalue weighted by Gasteiger charge is -2.24. The molecule has 0 radical (unpaired) electrons. The first kappa shape index (κ1) is 14.3. The topological polar surface area (TPSA) is 78.4 Å². The van der Waals surface area contributed by atoms with Crippen LogP contribution in [0.4, 0.5) is 0 Å². The highest BCUT2D eigenvalue weighted by Gasteiger charge is 2.58. The zero-order valence-electron chi connectivity index (χ0n) is 11.7. The predicted octanol–water partition coefficient (Wildman–Crippen LogP) is 0.992. The van der Waals surface area contributed by atoms with E-state index in [9.17, 15) is 14.7 Å². The van der Waals surface area contributed by atoms with Crippen molar-refractivity contribution in [1.29, 1.82) is 0 Å². The Morgan fingerprint density at radius 3 is 2.58 bits per heavy atom. The number of carbonyl (C=O) groups excluding carboxylic acids is 1. The zero-order valence-corrected chi connectivity index (χ0v) is 11.7. The molecule has 1 saturated heterocycles. The number of amides is 1. The van der Waals surface area contributed by atoms with Crippen LogP contribution < -0.4 is 10.6 Å². The quantitative estimate of drug-likeness (QED) is 0.695. The maximum Gasteiger partial charge on any atom is 0.326 e. The second-order valence-corrected chi connectivity index (χ2v) is 6.08. The maximum absolute atomic E-state index is 12.2. The molecule has 1 spiro atoms. The van der Waals surface area contributed by atoms with Crippen molar-refractivity contribution in [3.63, 3.8) is 0 Å². The molecule has 0 aromatic heterocycles. The van der Waals surface area contributed by atoms with Crippen LogP contribution in [0.15, 0.2) is 0 Å². The smallest absolute Gasteiger partial charge is 0.326 e. The molecule has 1 aliphatic heterocycles. The third kappa shape index (κ3) is 2.91. The van der Waals surface area contributed by atoms with E-state index in [1.165, 1.54) is 0 Å². The monoisotopic (exact) mass is 268 g/mol. The summed E-state index contributed by atoms with van der Waals surface area (Å²) in [5, 5.41) is 15.2. The molecule has 2 aliphatic rings. The first-order chi connectivity index (χ1) is 9.00. The first-order valence-electron chi connectivity index (χ1n) is 7.24. The number of nitrogens with one attached hydrogen (secondary N) is 2. The first-order valence-corrected chi connectivity index (χ1v) is 7.24. The second-order valence-electron chi connectivity index (χ2n) is 6.08. The van der Waals surface area contributed by atoms with Crippen LogP contribution in [0, 0.1) is 17.3 Å². The standard InChI is InChI=1S/C14H24N2O3/c1-3-9(2)11(13(18)19)16-12(17)10-8-14(10)4-6-15-7-5-14/h9-11,15H,3-8H2,1-2H3,(H,16,17)(H,18,19)/t9?,10?,11-/m0/s1. The summed E-state index contributed by atoms with van der Waals surface area (Å²) in [6.45, 7) is 5.75. The number of piperidine rings is 1. The molecule has 2 fully saturated rings. The molecule has 2 unspecified atom stereocenters. The lowest BCUT2D eigenvalue weighted by Crippen LogP contribution is -2.46. The average Bonchev–Trinajstić information content (AvgIpc) is 3.09. The van der Waals surface area contributed by atoms with E-state index in [0.717, 1.165) is 38.8 Å². The Morgan fingerprint density at radius 1 is 1.42 bits per heavy atom. The van der Waals surface area contributed by atoms with Gasteiger partial charge in [0.25, 0.3) is 0 Å². The molecule has 0 bridgehead atoms. The Labute approximate surface area is 114 Å². The average molecular weight is 268 g/mol. The predicted molar refractivity (Wildman–Crippen MR) is 71.7 cm³/mol. The van der Waals surface area contributed by atoms with Crippen LogP contribution in [-0.2, 0) is 9.59 Å². The molecule has 1 saturated carbocycles. The molecule has 19 heavy (non-hydrogen) atoms. The van der Waals surface area contributed by atoms with Gasteiger partial charge in [-0.25, -0.2) is 4.79 Å². The summed E-state index contributed by atoms with van der Waals surface area (Å²) in [5.41, 5.74) is 0.161. The van der Waals surface area contributed by atoms with Crippen molar-refractivity contribution < 1.29 is 14.7 Å². The fraction of sp³-hybridized carbons (Fsp3) is 0.857. The van der Waals surface area contributed by atoms with Crippen molar-refractivity contribution >= 4 is 11.9 Å². The van der Waals surface area contributed by atoms with Crippen molar-refractivity contribution in [2.75, 3.05) is 13.1 Å². The lowest BCUT2D eigenvalue weighted by molar-refractivity contribution is -0.143. The highest BCUT2D eigenvalue weighted by Crippen LogP contribution is 2.58. The Kier molecular flexibility index (Phi) is 4.13. The molecule has 3 N–H and O–H groups in total. The SMILES string of the molecule is CCC(C)[C@H](NC(=O)C1CC12CCNCC2)C(=O)O. The highest BCUT2D eigenvalue weighted by molar-refractivity contribution is 5.87. The van der Waals surface area contributed by atoms with Gasteiger partial charge in [-0.2, -0.15) is 0 Å². The van der Waals surface area contributed by atoms with E-state index in [1.807, 2.05) is 13.8 Å². The highest BCUT2D eigenvalue weighted by atomic mass is 16.4. The van der Waals surface area contributed by atoms with Crippen LogP contribution in [0.2, 0.25) is 0 Å². The maximum atomic E-state index is 12.2. The number of carboxylic acids is 1. The van der Waals surface area contributed by atoms with Crippen LogP contribution in [0.5, 0.6) is 0 Å². The lowest BCUT2D eigenvalue weighted by atomic mass is 9.91. The van der Waals surface area contributed by atoms with Gasteiger partial charge in [-0.3, -0.25) is 4.79 Å². The number of carboxylic acid groups (broad SMARTS) is 1. The van der Waals surface area contributed by atoms with Crippen molar-refractivity contribution in [3.05, 3.63) is 0 Å². The molecule has 5 heteroatoms. The Balaban J connectivity index is 1.92. The van der Waals surface area contributed by atoms with Crippen LogP contribution in [0.1, 0.15) is 39.5 Å². The molecular weight excluding hydrogens is 244 g/mol. The second kappa shape index (κ2) is 5.49. The molecule has 108 valence electrons. The van der Waals surface area contributed by atoms with Gasteiger partial charge in [-0.15, -0.1) is 0 Å². The van der Waals surface area contributed by atoms with Crippen LogP contribution >= 0.6 is 0 Å². The third-order valence-electron chi connectivity index (χ3n) is 4.88. The van der Waals surface area contributed by atoms with E-state index >= 15 is 0 Å². The normalized spacial score (nSPS) is 27.6. The Hall–Kier alpha value is -1.10. The van der Waals surface area contributed by atoms with Crippen LogP contribution in [0.3, 0.4) is 0 Å². The summed E-state index contributed by atoms with van der Waals surface area (Å²) in [5.74, 6) is -0.998. The van der Waals surface area contributed by atoms with Gasteiger partial charge in [-0.1, -0.05) is 20.3 Å². The largest absolute Gasteiger partial charge is 0.480 e. The van der Waals surface area contributed by atoms with Gasteiger partial charge >= 0.3 is 5.97 Å². The summed E-state index contributed by atoms with van der Waals surface area (Å²) in [7, 11) is 0. The summed E-state index contributed by atoms with van der Waals surface area (Å²) in [6.07, 6.45) is 3.74. The fourth-order valence-corrected chi connectivity index (χ4v) is 3.13. The van der Waals surface area contributed by atoms with E-state index in [1.54, 1.807) is 0 Å². The van der Waals surface area contributed by atoms with E-state index in [0.29, 0.717) is 0 Å². The molecular formula is C14H24N2O3. The van der Waals surface area contributed by atoms with Gasteiger partial charge in [0.05, 0.1) is 0 Å². The third-order valence-corrected chi connectivity index (χ3v) is 4.88. The molecule has 2 rings (SSSR count). The minimum absolute atomic E-state index is 0.0282. The van der Waals surface area contributed by atoms with Gasteiger partial charge < -0.3 is 15.7 Å². The number of carbonyl (C=O) groups is 2. The molecule has 5 nitrogen and oxygen atoms in total. The van der Waals surface area contributed by atoms with Gasteiger partial charge in [0, 0.05) is 5.92 Å². The van der Waals surface area contributed by atoms with Gasteiger partial charge in [0.2, 0.25) is 5.91 Å². The summed E-state index contributed by atoms with van der Waals surface area (Å²) in [6, 6.07) is -0.753. The number of rotatable bonds is 5. The summed E-state index contributed by atoms with van der Waals surface area (Å²) in [4.78, 5) is 23.4. The van der Waals surface area contributed by atoms with Crippen LogP contribution in [-0.4, -0.2) is 36.1 Å². The van der Waals surface area contributed by atoms with E-state index < -0.39 is 12.0 Å². The molecule has 0 aromatic carbocycles. The molecule has 1 aliphatic carbocycles. The van der Waals surface area contributed by atoms with Crippen molar-refractivity contribution in [2.45, 2.75) is 45.6 Å². The minimum atomic E-state index is -0.928. The van der Waals surface area contributed by atoms with Gasteiger partial charge in [0.15, 0.2) is 0 Å². The van der Waals surface area contributed by atoms with Crippen molar-refractivity contribution in [3.8, 4) is 0 Å². The van der Waals surface area contributed by atoms with Crippen LogP contribution in [0.25, 0.3) is 0 Å². The van der Waals surface area contributed by atoms with E-state index in [4.69, 9.17) is 0 Å². The van der Waals surface area contributed by atoms with E-state index in [2.05, 4.69) is 10.6 Å². The van der Waals surface area contributed by atoms with E-state index in [-0.39, 0.29) is 23.2 Å². The molecule has 0 aromatic rings. The van der Waals surface area contributed by atoms with Crippen molar-refractivity contribution in [2.24, 2.45) is 17.3 Å².